The largest absolute Gasteiger partial charge is 0.633 e. The van der Waals surface area contributed by atoms with Crippen molar-refractivity contribution in [3.05, 3.63) is 48.6 Å². The van der Waals surface area contributed by atoms with Crippen molar-refractivity contribution in [1.29, 1.82) is 0 Å². The lowest BCUT2D eigenvalue weighted by molar-refractivity contribution is -0.139. The van der Waals surface area contributed by atoms with Crippen molar-refractivity contribution >= 4 is 118 Å². The van der Waals surface area contributed by atoms with Gasteiger partial charge in [0.05, 0.1) is 26.4 Å². The van der Waals surface area contributed by atoms with Crippen LogP contribution in [0.3, 0.4) is 0 Å². The molecule has 3 rings (SSSR count). The number of ether oxygens (including phenoxy) is 4. The second-order valence-corrected chi connectivity index (χ2v) is 35.5. The fourth-order valence-electron chi connectivity index (χ4n) is 5.84. The number of hydrogen-bond donors (Lipinski definition) is 0. The first-order valence-corrected chi connectivity index (χ1v) is 35.4. The summed E-state index contributed by atoms with van der Waals surface area (Å²) in [5.74, 6) is 5.15. The van der Waals surface area contributed by atoms with Gasteiger partial charge in [-0.2, -0.15) is 0 Å². The van der Waals surface area contributed by atoms with Gasteiger partial charge in [0.25, 0.3) is 0 Å². The molecule has 0 aromatic heterocycles. The third kappa shape index (κ3) is 19.8. The number of carbonyl (C=O) groups excluding carboxylic acids is 4. The maximum absolute atomic E-state index is 12.4. The van der Waals surface area contributed by atoms with Crippen molar-refractivity contribution in [2.24, 2.45) is 0 Å². The summed E-state index contributed by atoms with van der Waals surface area (Å²) in [5.41, 5.74) is 0.972. The summed E-state index contributed by atoms with van der Waals surface area (Å²) in [6, 6.07) is 0.443. The van der Waals surface area contributed by atoms with Crippen LogP contribution >= 0.6 is 0 Å². The lowest BCUT2D eigenvalue weighted by Crippen LogP contribution is -2.77. The molecule has 0 aliphatic carbocycles. The molecular formula is C35H68Al4O18Si4. The van der Waals surface area contributed by atoms with Crippen molar-refractivity contribution in [2.75, 3.05) is 26.4 Å². The molecule has 344 valence electrons. The Labute approximate surface area is 387 Å². The number of rotatable bonds is 20. The molecule has 0 radical (unpaired) electrons. The zero-order chi connectivity index (χ0) is 43.3. The van der Waals surface area contributed by atoms with Crippen molar-refractivity contribution < 1.29 is 74.2 Å². The molecular weight excluding hydrogens is 929 g/mol. The summed E-state index contributed by atoms with van der Waals surface area (Å²) in [7, 11) is -16.4. The summed E-state index contributed by atoms with van der Waals surface area (Å²) in [5, 5.41) is 0. The van der Waals surface area contributed by atoms with Gasteiger partial charge >= 0.3 is 118 Å². The molecule has 0 spiro atoms. The highest BCUT2D eigenvalue weighted by atomic mass is 28.6. The highest BCUT2D eigenvalue weighted by Gasteiger charge is 2.70. The molecule has 0 aromatic rings. The van der Waals surface area contributed by atoms with Gasteiger partial charge in [-0.05, 0) is 53.4 Å². The van der Waals surface area contributed by atoms with Gasteiger partial charge in [-0.25, -0.2) is 19.2 Å². The van der Waals surface area contributed by atoms with Crippen LogP contribution in [-0.2, 0) is 74.2 Å². The van der Waals surface area contributed by atoms with Gasteiger partial charge < -0.3 is 55.0 Å². The van der Waals surface area contributed by atoms with Crippen LogP contribution in [0.4, 0.5) is 0 Å². The summed E-state index contributed by atoms with van der Waals surface area (Å²) in [6.45, 7) is 20.8. The number of fused-ring (bicyclic) bond motifs is 4. The van der Waals surface area contributed by atoms with E-state index < -0.39 is 118 Å². The third-order valence-electron chi connectivity index (χ3n) is 8.23. The molecule has 61 heavy (non-hydrogen) atoms. The van der Waals surface area contributed by atoms with E-state index in [-0.39, 0.29) is 121 Å². The second kappa shape index (κ2) is 27.8. The van der Waals surface area contributed by atoms with Gasteiger partial charge in [0.15, 0.2) is 0 Å². The molecule has 0 saturated carbocycles. The predicted octanol–water partition coefficient (Wildman–Crippen LogP) is 6.37. The Morgan fingerprint density at radius 3 is 0.754 bits per heavy atom. The maximum atomic E-state index is 12.4. The Hall–Kier alpha value is -0.563. The van der Waals surface area contributed by atoms with Crippen LogP contribution in [0.1, 0.15) is 75.7 Å². The van der Waals surface area contributed by atoms with Gasteiger partial charge in [0.2, 0.25) is 0 Å². The molecule has 0 atom stereocenters. The van der Waals surface area contributed by atoms with E-state index in [0.29, 0.717) is 0 Å². The van der Waals surface area contributed by atoms with E-state index in [1.165, 1.54) is 0 Å². The van der Waals surface area contributed by atoms with Gasteiger partial charge in [0, 0.05) is 46.5 Å². The van der Waals surface area contributed by atoms with Crippen LogP contribution in [0, 0.1) is 0 Å². The van der Waals surface area contributed by atoms with Gasteiger partial charge in [-0.3, -0.25) is 0 Å². The summed E-state index contributed by atoms with van der Waals surface area (Å²) in [6.07, 6.45) is 0.950. The summed E-state index contributed by atoms with van der Waals surface area (Å²) < 4.78 is 91.1. The van der Waals surface area contributed by atoms with Gasteiger partial charge in [-0.15, -0.1) is 0 Å². The lowest BCUT2D eigenvalue weighted by Gasteiger charge is -2.54. The molecule has 3 fully saturated rings. The Morgan fingerprint density at radius 1 is 0.410 bits per heavy atom. The summed E-state index contributed by atoms with van der Waals surface area (Å²) in [4.78, 5) is 49.4. The van der Waals surface area contributed by atoms with Crippen LogP contribution in [0.5, 0.6) is 0 Å². The number of carbonyl (C=O) groups is 4. The minimum atomic E-state index is -4.11. The molecule has 3 aliphatic rings. The van der Waals surface area contributed by atoms with Crippen molar-refractivity contribution in [1.82, 2.24) is 0 Å². The standard InChI is InChI=1S/C28H44O16Si4.3CH4.4CH3.4Al.2O/c1-21(2)25(29)37-13-9-17-45(33)41-46(34,18-10-14-38-26(30)22(3)4)43-48(36,20-12-16-40-28(32)24(7)8)44-47(35,42-45)19-11-15-39-27(31)23(5)6;;;;;;;;;;;;;/h1,3,5,7,9-20H2,2,4,6,8H3;3*1H4;4*1H3;;;;;;/q-4;;;;;;;;4*+1;;. The van der Waals surface area contributed by atoms with Gasteiger partial charge in [0.1, 0.15) is 0 Å². The van der Waals surface area contributed by atoms with Gasteiger partial charge in [-0.1, -0.05) is 71.7 Å². The molecule has 18 nitrogen and oxygen atoms in total. The Kier molecular flexibility index (Phi) is 27.5. The van der Waals surface area contributed by atoms with E-state index in [2.05, 4.69) is 26.3 Å². The smallest absolute Gasteiger partial charge is 0.593 e. The Bertz CT molecular complexity index is 1340. The average Bonchev–Trinajstić information content (AvgIpc) is 3.09. The predicted molar refractivity (Wildman–Crippen MR) is 241 cm³/mol. The Morgan fingerprint density at radius 2 is 0.590 bits per heavy atom. The van der Waals surface area contributed by atoms with Crippen LogP contribution < -0.4 is 0 Å². The normalized spacial score (nSPS) is 24.8. The molecule has 0 amide bonds. The van der Waals surface area contributed by atoms with Crippen LogP contribution in [0.15, 0.2) is 48.6 Å². The Balaban J connectivity index is 0.0000120. The average molecular weight is 997 g/mol. The van der Waals surface area contributed by atoms with Crippen molar-refractivity contribution in [3.63, 3.8) is 0 Å². The van der Waals surface area contributed by atoms with E-state index in [1.54, 1.807) is 27.7 Å². The fraction of sp³-hybridized carbons (Fsp3) is 0.657. The van der Waals surface area contributed by atoms with E-state index in [9.17, 15) is 19.2 Å². The van der Waals surface area contributed by atoms with Crippen LogP contribution in [0.2, 0.25) is 47.3 Å². The molecule has 3 heterocycles. The molecule has 3 aliphatic heterocycles. The lowest BCUT2D eigenvalue weighted by atomic mass is 10.4. The monoisotopic (exact) mass is 996 g/mol. The maximum Gasteiger partial charge on any atom is 0.633 e. The quantitative estimate of drug-likeness (QED) is 0.0429. The number of hydrogen-bond acceptors (Lipinski definition) is 18. The SMILES string of the molecule is C.C.C.C=C(C)C(=O)OCCC[Si]12[O][Al]([CH3])[O][Al]([CH3])[O][Si](CCCOC(=O)C(=C)C)(O1)O[Si]1(CCCOC(=O)C(=C)C)[O][Al]([CH3])[O][Al]([CH3])[O][Si](CCCOC(=O)C(=C)C)(O1)O2. The van der Waals surface area contributed by atoms with Crippen LogP contribution in [0.25, 0.3) is 0 Å². The third-order valence-corrected chi connectivity index (χ3v) is 39.2. The minimum Gasteiger partial charge on any atom is -0.593 e. The second-order valence-electron chi connectivity index (χ2n) is 14.2. The molecule has 3 saturated heterocycles. The molecule has 0 unspecified atom stereocenters. The minimum absolute atomic E-state index is 0. The highest BCUT2D eigenvalue weighted by Crippen LogP contribution is 2.43. The number of esters is 4. The first-order valence-electron chi connectivity index (χ1n) is 19.3. The molecule has 0 aromatic carbocycles. The first kappa shape index (κ1) is 60.4. The highest BCUT2D eigenvalue weighted by molar-refractivity contribution is 6.94. The molecule has 4 bridgehead atoms. The van der Waals surface area contributed by atoms with E-state index in [4.69, 9.17) is 55.0 Å². The van der Waals surface area contributed by atoms with E-state index in [0.717, 1.165) is 0 Å². The molecule has 26 heteroatoms. The van der Waals surface area contributed by atoms with Crippen LogP contribution in [-0.4, -0.2) is 145 Å². The molecule has 0 N–H and O–H groups in total. The van der Waals surface area contributed by atoms with Crippen molar-refractivity contribution in [2.45, 2.75) is 123 Å². The zero-order valence-corrected chi connectivity index (χ0v) is 43.6. The topological polar surface area (TPSA) is 197 Å². The van der Waals surface area contributed by atoms with E-state index >= 15 is 0 Å². The fourth-order valence-corrected chi connectivity index (χ4v) is 43.3. The zero-order valence-electron chi connectivity index (χ0n) is 35.0. The first-order chi connectivity index (χ1) is 27.1. The summed E-state index contributed by atoms with van der Waals surface area (Å²) >= 11 is -10.2. The van der Waals surface area contributed by atoms with Crippen molar-refractivity contribution in [3.8, 4) is 0 Å². The van der Waals surface area contributed by atoms with E-state index in [1.807, 2.05) is 23.1 Å².